The highest BCUT2D eigenvalue weighted by molar-refractivity contribution is 7.13. The number of hydrogen-bond donors (Lipinski definition) is 1. The minimum atomic E-state index is -0.386. The van der Waals surface area contributed by atoms with E-state index in [1.807, 2.05) is 4.90 Å². The molecule has 0 unspecified atom stereocenters. The first-order chi connectivity index (χ1) is 14.7. The molecule has 152 valence electrons. The molecule has 1 aliphatic rings. The highest BCUT2D eigenvalue weighted by Crippen LogP contribution is 2.26. The van der Waals surface area contributed by atoms with Crippen LogP contribution in [0.2, 0.25) is 0 Å². The van der Waals surface area contributed by atoms with E-state index < -0.39 is 0 Å². The zero-order valence-corrected chi connectivity index (χ0v) is 16.6. The number of benzene rings is 1. The van der Waals surface area contributed by atoms with E-state index in [1.165, 1.54) is 21.9 Å². The van der Waals surface area contributed by atoms with E-state index in [4.69, 9.17) is 4.74 Å². The number of aromatic nitrogens is 4. The topological polar surface area (TPSA) is 84.7 Å². The number of anilines is 2. The molecule has 4 aromatic rings. The van der Waals surface area contributed by atoms with E-state index in [-0.39, 0.29) is 11.7 Å². The standard InChI is InChI=1S/C20H17FN6O2S/c21-15-4-2-1-3-13(15)16-12-27-18(23-16)14(19(28)24-20-22-5-10-30-20)11-17(25-27)26-6-8-29-9-7-26/h1-5,10-12H,6-9H2,(H,22,24,28). The Morgan fingerprint density at radius 1 is 1.23 bits per heavy atom. The number of hydrogen-bond acceptors (Lipinski definition) is 7. The number of morpholine rings is 1. The second-order valence-electron chi connectivity index (χ2n) is 6.68. The summed E-state index contributed by atoms with van der Waals surface area (Å²) in [6.45, 7) is 2.51. The van der Waals surface area contributed by atoms with Gasteiger partial charge in [0.05, 0.1) is 30.7 Å². The highest BCUT2D eigenvalue weighted by Gasteiger charge is 2.21. The number of imidazole rings is 1. The van der Waals surface area contributed by atoms with Gasteiger partial charge in [-0.2, -0.15) is 0 Å². The van der Waals surface area contributed by atoms with Gasteiger partial charge in [-0.25, -0.2) is 18.9 Å². The Morgan fingerprint density at radius 3 is 2.83 bits per heavy atom. The van der Waals surface area contributed by atoms with Crippen LogP contribution in [0.4, 0.5) is 15.3 Å². The maximum Gasteiger partial charge on any atom is 0.261 e. The molecule has 3 aromatic heterocycles. The fraction of sp³-hybridized carbons (Fsp3) is 0.200. The number of fused-ring (bicyclic) bond motifs is 1. The van der Waals surface area contributed by atoms with Crippen LogP contribution in [0.3, 0.4) is 0 Å². The SMILES string of the molecule is O=C(Nc1nccs1)c1cc(N2CCOCC2)nn2cc(-c3ccccc3F)nc12. The van der Waals surface area contributed by atoms with Gasteiger partial charge in [0.15, 0.2) is 16.6 Å². The molecule has 30 heavy (non-hydrogen) atoms. The van der Waals surface area contributed by atoms with E-state index in [0.717, 1.165) is 0 Å². The fourth-order valence-electron chi connectivity index (χ4n) is 3.33. The number of thiazole rings is 1. The van der Waals surface area contributed by atoms with Gasteiger partial charge in [0.2, 0.25) is 0 Å². The van der Waals surface area contributed by atoms with Crippen LogP contribution in [0.1, 0.15) is 10.4 Å². The summed E-state index contributed by atoms with van der Waals surface area (Å²) in [5, 5.41) is 9.68. The maximum atomic E-state index is 14.3. The number of amides is 1. The largest absolute Gasteiger partial charge is 0.378 e. The monoisotopic (exact) mass is 424 g/mol. The highest BCUT2D eigenvalue weighted by atomic mass is 32.1. The summed E-state index contributed by atoms with van der Waals surface area (Å²) < 4.78 is 21.3. The summed E-state index contributed by atoms with van der Waals surface area (Å²) in [7, 11) is 0. The molecule has 1 fully saturated rings. The smallest absolute Gasteiger partial charge is 0.261 e. The van der Waals surface area contributed by atoms with Gasteiger partial charge >= 0.3 is 0 Å². The average Bonchev–Trinajstić information content (AvgIpc) is 3.43. The maximum absolute atomic E-state index is 14.3. The Kier molecular flexibility index (Phi) is 4.85. The Balaban J connectivity index is 1.62. The third kappa shape index (κ3) is 3.51. The van der Waals surface area contributed by atoms with E-state index in [1.54, 1.807) is 42.0 Å². The molecule has 1 saturated heterocycles. The van der Waals surface area contributed by atoms with Crippen molar-refractivity contribution in [3.63, 3.8) is 0 Å². The van der Waals surface area contributed by atoms with Crippen molar-refractivity contribution >= 4 is 33.8 Å². The van der Waals surface area contributed by atoms with Crippen molar-refractivity contribution < 1.29 is 13.9 Å². The third-order valence-electron chi connectivity index (χ3n) is 4.79. The number of carbonyl (C=O) groups is 1. The predicted molar refractivity (Wildman–Crippen MR) is 111 cm³/mol. The summed E-state index contributed by atoms with van der Waals surface area (Å²) in [5.41, 5.74) is 1.44. The number of nitrogens with zero attached hydrogens (tertiary/aromatic N) is 5. The summed E-state index contributed by atoms with van der Waals surface area (Å²) in [6.07, 6.45) is 3.26. The van der Waals surface area contributed by atoms with Crippen LogP contribution in [0.25, 0.3) is 16.9 Å². The number of rotatable bonds is 4. The van der Waals surface area contributed by atoms with Crippen molar-refractivity contribution in [1.82, 2.24) is 19.6 Å². The van der Waals surface area contributed by atoms with Gasteiger partial charge in [0.1, 0.15) is 5.82 Å². The van der Waals surface area contributed by atoms with Crippen LogP contribution in [0.5, 0.6) is 0 Å². The second kappa shape index (κ2) is 7.81. The number of ether oxygens (including phenoxy) is 1. The first-order valence-electron chi connectivity index (χ1n) is 9.38. The molecule has 0 spiro atoms. The van der Waals surface area contributed by atoms with Gasteiger partial charge in [-0.05, 0) is 18.2 Å². The van der Waals surface area contributed by atoms with Crippen molar-refractivity contribution in [3.8, 4) is 11.3 Å². The van der Waals surface area contributed by atoms with Gasteiger partial charge in [0.25, 0.3) is 5.91 Å². The molecule has 0 bridgehead atoms. The van der Waals surface area contributed by atoms with Crippen molar-refractivity contribution in [2.24, 2.45) is 0 Å². The fourth-order valence-corrected chi connectivity index (χ4v) is 3.85. The van der Waals surface area contributed by atoms with Gasteiger partial charge < -0.3 is 9.64 Å². The first-order valence-corrected chi connectivity index (χ1v) is 10.3. The lowest BCUT2D eigenvalue weighted by molar-refractivity contribution is 0.102. The Labute approximate surface area is 175 Å². The average molecular weight is 424 g/mol. The zero-order valence-electron chi connectivity index (χ0n) is 15.8. The Morgan fingerprint density at radius 2 is 2.07 bits per heavy atom. The quantitative estimate of drug-likeness (QED) is 0.542. The van der Waals surface area contributed by atoms with E-state index in [0.29, 0.717) is 59.7 Å². The van der Waals surface area contributed by atoms with Crippen molar-refractivity contribution in [1.29, 1.82) is 0 Å². The van der Waals surface area contributed by atoms with Gasteiger partial charge in [-0.15, -0.1) is 16.4 Å². The molecule has 0 aliphatic carbocycles. The molecule has 10 heteroatoms. The zero-order chi connectivity index (χ0) is 20.5. The molecular formula is C20H17FN6O2S. The van der Waals surface area contributed by atoms with Gasteiger partial charge in [-0.1, -0.05) is 12.1 Å². The molecule has 1 amide bonds. The van der Waals surface area contributed by atoms with Crippen LogP contribution in [0.15, 0.2) is 48.1 Å². The summed E-state index contributed by atoms with van der Waals surface area (Å²) in [5.74, 6) is -0.104. The number of carbonyl (C=O) groups excluding carboxylic acids is 1. The van der Waals surface area contributed by atoms with Crippen LogP contribution in [0, 0.1) is 5.82 Å². The molecule has 1 N–H and O–H groups in total. The van der Waals surface area contributed by atoms with Crippen LogP contribution >= 0.6 is 11.3 Å². The Hall–Kier alpha value is -3.37. The van der Waals surface area contributed by atoms with E-state index >= 15 is 0 Å². The molecular weight excluding hydrogens is 407 g/mol. The van der Waals surface area contributed by atoms with Crippen molar-refractivity contribution in [2.45, 2.75) is 0 Å². The minimum absolute atomic E-state index is 0.337. The summed E-state index contributed by atoms with van der Waals surface area (Å²) in [4.78, 5) is 23.7. The lowest BCUT2D eigenvalue weighted by Gasteiger charge is -2.27. The predicted octanol–water partition coefficient (Wildman–Crippen LogP) is 3.08. The van der Waals surface area contributed by atoms with Gasteiger partial charge in [0, 0.05) is 30.2 Å². The molecule has 1 aromatic carbocycles. The van der Waals surface area contributed by atoms with Crippen LogP contribution in [-0.4, -0.2) is 51.8 Å². The lowest BCUT2D eigenvalue weighted by atomic mass is 10.1. The summed E-state index contributed by atoms with van der Waals surface area (Å²) >= 11 is 1.33. The second-order valence-corrected chi connectivity index (χ2v) is 7.58. The Bertz CT molecular complexity index is 1200. The molecule has 0 atom stereocenters. The molecule has 0 saturated carbocycles. The first kappa shape index (κ1) is 18.6. The molecule has 4 heterocycles. The molecule has 1 aliphatic heterocycles. The number of nitrogens with one attached hydrogen (secondary N) is 1. The third-order valence-corrected chi connectivity index (χ3v) is 5.48. The lowest BCUT2D eigenvalue weighted by Crippen LogP contribution is -2.37. The van der Waals surface area contributed by atoms with Crippen molar-refractivity contribution in [3.05, 3.63) is 59.5 Å². The minimum Gasteiger partial charge on any atom is -0.378 e. The molecule has 0 radical (unpaired) electrons. The molecule has 5 rings (SSSR count). The molecule has 8 nitrogen and oxygen atoms in total. The van der Waals surface area contributed by atoms with Crippen LogP contribution < -0.4 is 10.2 Å². The van der Waals surface area contributed by atoms with Crippen LogP contribution in [-0.2, 0) is 4.74 Å². The van der Waals surface area contributed by atoms with E-state index in [2.05, 4.69) is 20.4 Å². The van der Waals surface area contributed by atoms with Gasteiger partial charge in [-0.3, -0.25) is 10.1 Å². The summed E-state index contributed by atoms with van der Waals surface area (Å²) in [6, 6.07) is 8.10. The van der Waals surface area contributed by atoms with E-state index in [9.17, 15) is 9.18 Å². The normalized spacial score (nSPS) is 14.2. The van der Waals surface area contributed by atoms with Crippen molar-refractivity contribution in [2.75, 3.05) is 36.5 Å². The number of halogens is 1.